The number of halogens is 2. The van der Waals surface area contributed by atoms with E-state index in [0.29, 0.717) is 25.0 Å². The number of benzene rings is 1. The summed E-state index contributed by atoms with van der Waals surface area (Å²) in [7, 11) is -1.12. The number of hydrogen-bond donors (Lipinski definition) is 1. The zero-order valence-corrected chi connectivity index (χ0v) is 15.3. The molecule has 2 heterocycles. The lowest BCUT2D eigenvalue weighted by Gasteiger charge is -2.34. The van der Waals surface area contributed by atoms with Crippen molar-refractivity contribution >= 4 is 22.4 Å². The fourth-order valence-corrected chi connectivity index (χ4v) is 4.98. The van der Waals surface area contributed by atoms with E-state index in [2.05, 4.69) is 5.32 Å². The Labute approximate surface area is 147 Å². The highest BCUT2D eigenvalue weighted by atomic mass is 35.5. The summed E-state index contributed by atoms with van der Waals surface area (Å²) in [6.07, 6.45) is 1.70. The van der Waals surface area contributed by atoms with Gasteiger partial charge in [-0.25, -0.2) is 12.8 Å². The highest BCUT2D eigenvalue weighted by molar-refractivity contribution is 7.89. The third-order valence-electron chi connectivity index (χ3n) is 4.67. The maximum Gasteiger partial charge on any atom is 0.246 e. The standard InChI is InChI=1S/C15H21FN2O4S.ClH/c1-21-13-7-11(16)15(8-14(13)22-2)23(19,20)18-6-4-12-10(9-18)3-5-17-12;/h7-8,10,12,17H,3-6,9H2,1-2H3;1H. The van der Waals surface area contributed by atoms with Crippen molar-refractivity contribution < 1.29 is 22.3 Å². The van der Waals surface area contributed by atoms with Gasteiger partial charge in [0.15, 0.2) is 11.5 Å². The summed E-state index contributed by atoms with van der Waals surface area (Å²) in [5.74, 6) is -0.163. The molecule has 9 heteroatoms. The van der Waals surface area contributed by atoms with Crippen LogP contribution in [0.25, 0.3) is 0 Å². The average Bonchev–Trinajstić information content (AvgIpc) is 3.01. The molecule has 0 aromatic heterocycles. The minimum atomic E-state index is -3.89. The molecule has 1 aromatic carbocycles. The molecule has 0 bridgehead atoms. The lowest BCUT2D eigenvalue weighted by molar-refractivity contribution is 0.246. The number of sulfonamides is 1. The van der Waals surface area contributed by atoms with Crippen LogP contribution in [0.3, 0.4) is 0 Å². The van der Waals surface area contributed by atoms with Gasteiger partial charge in [0, 0.05) is 31.3 Å². The van der Waals surface area contributed by atoms with Gasteiger partial charge in [-0.15, -0.1) is 12.4 Å². The summed E-state index contributed by atoms with van der Waals surface area (Å²) in [5.41, 5.74) is 0. The van der Waals surface area contributed by atoms with Crippen LogP contribution in [0.4, 0.5) is 4.39 Å². The fraction of sp³-hybridized carbons (Fsp3) is 0.600. The van der Waals surface area contributed by atoms with Gasteiger partial charge in [0.05, 0.1) is 14.2 Å². The molecule has 24 heavy (non-hydrogen) atoms. The van der Waals surface area contributed by atoms with Gasteiger partial charge in [0.25, 0.3) is 0 Å². The second kappa shape index (κ2) is 7.43. The summed E-state index contributed by atoms with van der Waals surface area (Å²) in [6.45, 7) is 1.73. The molecule has 2 atom stereocenters. The first kappa shape index (κ1) is 19.2. The summed E-state index contributed by atoms with van der Waals surface area (Å²) < 4.78 is 51.5. The van der Waals surface area contributed by atoms with Crippen LogP contribution in [0.15, 0.2) is 17.0 Å². The Hall–Kier alpha value is -1.09. The first-order valence-electron chi connectivity index (χ1n) is 7.62. The van der Waals surface area contributed by atoms with Gasteiger partial charge >= 0.3 is 0 Å². The number of rotatable bonds is 4. The molecule has 0 aliphatic carbocycles. The average molecular weight is 381 g/mol. The van der Waals surface area contributed by atoms with Crippen molar-refractivity contribution in [1.82, 2.24) is 9.62 Å². The van der Waals surface area contributed by atoms with E-state index in [0.717, 1.165) is 25.5 Å². The molecule has 0 amide bonds. The summed E-state index contributed by atoms with van der Waals surface area (Å²) >= 11 is 0. The molecule has 0 spiro atoms. The van der Waals surface area contributed by atoms with Crippen LogP contribution in [-0.2, 0) is 10.0 Å². The van der Waals surface area contributed by atoms with E-state index in [1.807, 2.05) is 0 Å². The molecule has 2 unspecified atom stereocenters. The Morgan fingerprint density at radius 3 is 2.54 bits per heavy atom. The van der Waals surface area contributed by atoms with Gasteiger partial charge in [-0.3, -0.25) is 0 Å². The molecule has 136 valence electrons. The monoisotopic (exact) mass is 380 g/mol. The van der Waals surface area contributed by atoms with E-state index < -0.39 is 15.8 Å². The zero-order valence-electron chi connectivity index (χ0n) is 13.6. The Morgan fingerprint density at radius 2 is 1.88 bits per heavy atom. The van der Waals surface area contributed by atoms with E-state index in [1.54, 1.807) is 0 Å². The van der Waals surface area contributed by atoms with Crippen LogP contribution in [0.5, 0.6) is 11.5 Å². The van der Waals surface area contributed by atoms with Crippen LogP contribution in [0, 0.1) is 11.7 Å². The van der Waals surface area contributed by atoms with E-state index in [9.17, 15) is 12.8 Å². The second-order valence-corrected chi connectivity index (χ2v) is 7.81. The number of ether oxygens (including phenoxy) is 2. The highest BCUT2D eigenvalue weighted by Gasteiger charge is 2.38. The normalized spacial score (nSPS) is 24.1. The second-order valence-electron chi connectivity index (χ2n) is 5.90. The molecule has 6 nitrogen and oxygen atoms in total. The van der Waals surface area contributed by atoms with Gasteiger partial charge in [-0.2, -0.15) is 4.31 Å². The van der Waals surface area contributed by atoms with Crippen LogP contribution in [0.1, 0.15) is 12.8 Å². The summed E-state index contributed by atoms with van der Waals surface area (Å²) in [6, 6.07) is 2.62. The molecule has 0 saturated carbocycles. The Kier molecular flexibility index (Phi) is 5.95. The van der Waals surface area contributed by atoms with Crippen LogP contribution in [0.2, 0.25) is 0 Å². The van der Waals surface area contributed by atoms with Crippen molar-refractivity contribution in [2.75, 3.05) is 33.9 Å². The number of fused-ring (bicyclic) bond motifs is 1. The maximum absolute atomic E-state index is 14.3. The first-order chi connectivity index (χ1) is 11.0. The smallest absolute Gasteiger partial charge is 0.246 e. The SMILES string of the molecule is COc1cc(F)c(S(=O)(=O)N2CCC3NCCC3C2)cc1OC.Cl. The van der Waals surface area contributed by atoms with Crippen LogP contribution in [-0.4, -0.2) is 52.6 Å². The third-order valence-corrected chi connectivity index (χ3v) is 6.55. The molecule has 0 radical (unpaired) electrons. The molecule has 1 aromatic rings. The molecule has 2 saturated heterocycles. The number of nitrogens with zero attached hydrogens (tertiary/aromatic N) is 1. The molecular formula is C15H22ClFN2O4S. The quantitative estimate of drug-likeness (QED) is 0.860. The van der Waals surface area contributed by atoms with Gasteiger partial charge in [-0.05, 0) is 25.3 Å². The number of methoxy groups -OCH3 is 2. The predicted molar refractivity (Wildman–Crippen MR) is 90.0 cm³/mol. The minimum absolute atomic E-state index is 0. The third kappa shape index (κ3) is 3.33. The maximum atomic E-state index is 14.3. The van der Waals surface area contributed by atoms with E-state index in [1.165, 1.54) is 24.6 Å². The lowest BCUT2D eigenvalue weighted by Crippen LogP contribution is -2.46. The molecule has 3 rings (SSSR count). The van der Waals surface area contributed by atoms with Gasteiger partial charge in [0.2, 0.25) is 10.0 Å². The van der Waals surface area contributed by atoms with E-state index in [4.69, 9.17) is 9.47 Å². The Bertz CT molecular complexity index is 701. The van der Waals surface area contributed by atoms with Gasteiger partial charge in [0.1, 0.15) is 10.7 Å². The number of hydrogen-bond acceptors (Lipinski definition) is 5. The van der Waals surface area contributed by atoms with Crippen molar-refractivity contribution in [3.05, 3.63) is 17.9 Å². The number of nitrogens with one attached hydrogen (secondary N) is 1. The van der Waals surface area contributed by atoms with Crippen LogP contribution >= 0.6 is 12.4 Å². The predicted octanol–water partition coefficient (Wildman–Crippen LogP) is 1.64. The van der Waals surface area contributed by atoms with Crippen molar-refractivity contribution in [2.24, 2.45) is 5.92 Å². The Morgan fingerprint density at radius 1 is 1.21 bits per heavy atom. The minimum Gasteiger partial charge on any atom is -0.493 e. The van der Waals surface area contributed by atoms with Gasteiger partial charge < -0.3 is 14.8 Å². The lowest BCUT2D eigenvalue weighted by atomic mass is 9.95. The van der Waals surface area contributed by atoms with Crippen molar-refractivity contribution in [2.45, 2.75) is 23.8 Å². The molecular weight excluding hydrogens is 359 g/mol. The number of piperidine rings is 1. The molecule has 1 N–H and O–H groups in total. The Balaban J connectivity index is 0.00000208. The summed E-state index contributed by atoms with van der Waals surface area (Å²) in [4.78, 5) is -0.362. The topological polar surface area (TPSA) is 67.9 Å². The largest absolute Gasteiger partial charge is 0.493 e. The van der Waals surface area contributed by atoms with Crippen molar-refractivity contribution in [3.63, 3.8) is 0 Å². The van der Waals surface area contributed by atoms with E-state index >= 15 is 0 Å². The highest BCUT2D eigenvalue weighted by Crippen LogP contribution is 2.35. The van der Waals surface area contributed by atoms with Gasteiger partial charge in [-0.1, -0.05) is 0 Å². The zero-order chi connectivity index (χ0) is 16.6. The summed E-state index contributed by atoms with van der Waals surface area (Å²) in [5, 5.41) is 3.38. The van der Waals surface area contributed by atoms with Crippen LogP contribution < -0.4 is 14.8 Å². The fourth-order valence-electron chi connectivity index (χ4n) is 3.40. The van der Waals surface area contributed by atoms with Crippen molar-refractivity contribution in [1.29, 1.82) is 0 Å². The van der Waals surface area contributed by atoms with E-state index in [-0.39, 0.29) is 28.8 Å². The first-order valence-corrected chi connectivity index (χ1v) is 9.06. The molecule has 2 aliphatic heterocycles. The molecule has 2 aliphatic rings. The molecule has 2 fully saturated rings. The van der Waals surface area contributed by atoms with Crippen molar-refractivity contribution in [3.8, 4) is 11.5 Å².